The lowest BCUT2D eigenvalue weighted by Crippen LogP contribution is -2.33. The molecule has 1 N–H and O–H groups in total. The van der Waals surface area contributed by atoms with Gasteiger partial charge in [0.25, 0.3) is 0 Å². The van der Waals surface area contributed by atoms with Gasteiger partial charge in [-0.25, -0.2) is 9.97 Å². The number of rotatable bonds is 4. The molecule has 25 heavy (non-hydrogen) atoms. The lowest BCUT2D eigenvalue weighted by molar-refractivity contribution is -0.116. The molecule has 132 valence electrons. The fourth-order valence-electron chi connectivity index (χ4n) is 3.26. The van der Waals surface area contributed by atoms with E-state index in [0.717, 1.165) is 42.8 Å². The third-order valence-electron chi connectivity index (χ3n) is 4.65. The molecule has 0 radical (unpaired) electrons. The number of nitrogens with one attached hydrogen (secondary N) is 1. The van der Waals surface area contributed by atoms with Crippen LogP contribution in [-0.4, -0.2) is 22.4 Å². The highest BCUT2D eigenvalue weighted by atomic mass is 35.5. The molecule has 1 unspecified atom stereocenters. The Morgan fingerprint density at radius 2 is 2.20 bits per heavy atom. The number of carbonyl (C=O) groups is 1. The summed E-state index contributed by atoms with van der Waals surface area (Å²) >= 11 is 6.38. The van der Waals surface area contributed by atoms with Crippen LogP contribution in [0.4, 0.5) is 11.5 Å². The Morgan fingerprint density at radius 3 is 2.92 bits per heavy atom. The zero-order valence-corrected chi connectivity index (χ0v) is 15.6. The number of carbonyl (C=O) groups excluding carboxylic acids is 1. The molecule has 0 bridgehead atoms. The van der Waals surface area contributed by atoms with Crippen LogP contribution >= 0.6 is 11.6 Å². The average Bonchev–Trinajstić information content (AvgIpc) is 2.62. The number of aromatic nitrogens is 2. The van der Waals surface area contributed by atoms with Crippen LogP contribution in [-0.2, 0) is 17.6 Å². The molecule has 1 aromatic heterocycles. The Balaban J connectivity index is 1.84. The van der Waals surface area contributed by atoms with Crippen molar-refractivity contribution in [2.45, 2.75) is 46.1 Å². The molecule has 2 aromatic rings. The van der Waals surface area contributed by atoms with E-state index in [1.807, 2.05) is 17.9 Å². The van der Waals surface area contributed by atoms with Crippen molar-refractivity contribution in [1.29, 1.82) is 0 Å². The SMILES string of the molecule is CCc1ncnc(NC(C)c2ccc3c(c2)CCCN3C(C)=O)c1Cl. The van der Waals surface area contributed by atoms with E-state index in [-0.39, 0.29) is 11.9 Å². The van der Waals surface area contributed by atoms with Gasteiger partial charge in [0.2, 0.25) is 5.91 Å². The first kappa shape index (κ1) is 17.7. The number of hydrogen-bond donors (Lipinski definition) is 1. The lowest BCUT2D eigenvalue weighted by atomic mass is 9.96. The topological polar surface area (TPSA) is 58.1 Å². The standard InChI is InChI=1S/C19H23ClN4O/c1-4-16-18(20)19(22-11-21-16)23-12(2)14-7-8-17-15(10-14)6-5-9-24(17)13(3)25/h7-8,10-12H,4-6,9H2,1-3H3,(H,21,22,23). The van der Waals surface area contributed by atoms with Gasteiger partial charge in [0, 0.05) is 19.2 Å². The molecule has 0 aliphatic carbocycles. The van der Waals surface area contributed by atoms with Gasteiger partial charge in [0.15, 0.2) is 0 Å². The summed E-state index contributed by atoms with van der Waals surface area (Å²) in [6.07, 6.45) is 4.30. The van der Waals surface area contributed by atoms with E-state index in [1.165, 1.54) is 11.9 Å². The van der Waals surface area contributed by atoms with Crippen LogP contribution in [0.25, 0.3) is 0 Å². The van der Waals surface area contributed by atoms with Crippen LogP contribution in [0.3, 0.4) is 0 Å². The molecule has 2 heterocycles. The predicted molar refractivity (Wildman–Crippen MR) is 101 cm³/mol. The zero-order valence-electron chi connectivity index (χ0n) is 14.8. The monoisotopic (exact) mass is 358 g/mol. The highest BCUT2D eigenvalue weighted by molar-refractivity contribution is 6.33. The van der Waals surface area contributed by atoms with Crippen molar-refractivity contribution < 1.29 is 4.79 Å². The van der Waals surface area contributed by atoms with Gasteiger partial charge in [-0.15, -0.1) is 0 Å². The number of amides is 1. The smallest absolute Gasteiger partial charge is 0.223 e. The van der Waals surface area contributed by atoms with Crippen LogP contribution in [0, 0.1) is 0 Å². The molecule has 1 aromatic carbocycles. The molecule has 0 fully saturated rings. The number of benzene rings is 1. The summed E-state index contributed by atoms with van der Waals surface area (Å²) in [4.78, 5) is 22.1. The second kappa shape index (κ2) is 7.40. The van der Waals surface area contributed by atoms with Crippen LogP contribution in [0.15, 0.2) is 24.5 Å². The van der Waals surface area contributed by atoms with E-state index in [9.17, 15) is 4.79 Å². The van der Waals surface area contributed by atoms with Gasteiger partial charge in [0.05, 0.1) is 11.7 Å². The summed E-state index contributed by atoms with van der Waals surface area (Å²) in [7, 11) is 0. The van der Waals surface area contributed by atoms with E-state index in [1.54, 1.807) is 6.92 Å². The highest BCUT2D eigenvalue weighted by Crippen LogP contribution is 2.32. The third-order valence-corrected chi connectivity index (χ3v) is 5.05. The molecule has 3 rings (SSSR count). The Kier molecular flexibility index (Phi) is 5.23. The van der Waals surface area contributed by atoms with E-state index in [0.29, 0.717) is 10.8 Å². The molecule has 6 heteroatoms. The van der Waals surface area contributed by atoms with Gasteiger partial charge in [-0.1, -0.05) is 30.7 Å². The number of anilines is 2. The second-order valence-corrected chi connectivity index (χ2v) is 6.74. The highest BCUT2D eigenvalue weighted by Gasteiger charge is 2.21. The van der Waals surface area contributed by atoms with Crippen LogP contribution in [0.5, 0.6) is 0 Å². The summed E-state index contributed by atoms with van der Waals surface area (Å²) < 4.78 is 0. The summed E-state index contributed by atoms with van der Waals surface area (Å²) in [6.45, 7) is 6.52. The molecular weight excluding hydrogens is 336 g/mol. The zero-order chi connectivity index (χ0) is 18.0. The van der Waals surface area contributed by atoms with Crippen molar-refractivity contribution in [2.24, 2.45) is 0 Å². The first-order valence-electron chi connectivity index (χ1n) is 8.68. The number of aryl methyl sites for hydroxylation is 2. The Morgan fingerprint density at radius 1 is 1.40 bits per heavy atom. The van der Waals surface area contributed by atoms with Gasteiger partial charge in [-0.3, -0.25) is 4.79 Å². The van der Waals surface area contributed by atoms with Gasteiger partial charge in [-0.2, -0.15) is 0 Å². The van der Waals surface area contributed by atoms with Gasteiger partial charge < -0.3 is 10.2 Å². The van der Waals surface area contributed by atoms with E-state index in [2.05, 4.69) is 34.3 Å². The van der Waals surface area contributed by atoms with Crippen LogP contribution < -0.4 is 10.2 Å². The normalized spacial score (nSPS) is 14.8. The Bertz CT molecular complexity index is 793. The maximum atomic E-state index is 11.8. The van der Waals surface area contributed by atoms with Crippen LogP contribution in [0.1, 0.15) is 50.1 Å². The maximum Gasteiger partial charge on any atom is 0.223 e. The van der Waals surface area contributed by atoms with Crippen molar-refractivity contribution in [3.63, 3.8) is 0 Å². The molecule has 5 nitrogen and oxygen atoms in total. The predicted octanol–water partition coefficient (Wildman–Crippen LogP) is 4.16. The van der Waals surface area contributed by atoms with Crippen molar-refractivity contribution in [3.8, 4) is 0 Å². The maximum absolute atomic E-state index is 11.8. The molecule has 0 spiro atoms. The average molecular weight is 359 g/mol. The minimum absolute atomic E-state index is 0.0510. The molecule has 1 amide bonds. The van der Waals surface area contributed by atoms with Crippen LogP contribution in [0.2, 0.25) is 5.02 Å². The molecule has 1 aliphatic heterocycles. The summed E-state index contributed by atoms with van der Waals surface area (Å²) in [5, 5.41) is 3.96. The molecule has 0 saturated heterocycles. The van der Waals surface area contributed by atoms with Crippen molar-refractivity contribution in [2.75, 3.05) is 16.8 Å². The molecule has 1 atom stereocenters. The summed E-state index contributed by atoms with van der Waals surface area (Å²) in [5.41, 5.74) is 4.24. The molecular formula is C19H23ClN4O. The third kappa shape index (κ3) is 3.61. The Hall–Kier alpha value is -2.14. The first-order valence-corrected chi connectivity index (χ1v) is 9.06. The number of nitrogens with zero attached hydrogens (tertiary/aromatic N) is 3. The lowest BCUT2D eigenvalue weighted by Gasteiger charge is -2.29. The van der Waals surface area contributed by atoms with Gasteiger partial charge in [-0.05, 0) is 43.4 Å². The number of fused-ring (bicyclic) bond motifs is 1. The second-order valence-electron chi connectivity index (χ2n) is 6.36. The minimum Gasteiger partial charge on any atom is -0.362 e. The van der Waals surface area contributed by atoms with E-state index in [4.69, 9.17) is 11.6 Å². The number of hydrogen-bond acceptors (Lipinski definition) is 4. The van der Waals surface area contributed by atoms with E-state index < -0.39 is 0 Å². The van der Waals surface area contributed by atoms with Crippen molar-refractivity contribution in [3.05, 3.63) is 46.4 Å². The minimum atomic E-state index is 0.0510. The summed E-state index contributed by atoms with van der Waals surface area (Å²) in [6, 6.07) is 6.34. The first-order chi connectivity index (χ1) is 12.0. The van der Waals surface area contributed by atoms with Crippen molar-refractivity contribution >= 4 is 29.0 Å². The largest absolute Gasteiger partial charge is 0.362 e. The fourth-order valence-corrected chi connectivity index (χ4v) is 3.54. The molecule has 1 aliphatic rings. The van der Waals surface area contributed by atoms with Gasteiger partial charge >= 0.3 is 0 Å². The fraction of sp³-hybridized carbons (Fsp3) is 0.421. The van der Waals surface area contributed by atoms with E-state index >= 15 is 0 Å². The molecule has 0 saturated carbocycles. The Labute approximate surface area is 153 Å². The van der Waals surface area contributed by atoms with Gasteiger partial charge in [0.1, 0.15) is 17.2 Å². The summed E-state index contributed by atoms with van der Waals surface area (Å²) in [5.74, 6) is 0.754. The quantitative estimate of drug-likeness (QED) is 0.891. The number of halogens is 1. The van der Waals surface area contributed by atoms with Crippen molar-refractivity contribution in [1.82, 2.24) is 9.97 Å².